The maximum absolute atomic E-state index is 9.85. The number of rotatable bonds is 5. The molecule has 6 rings (SSSR count). The maximum Gasteiger partial charge on any atom is 0.137 e. The first-order valence-electron chi connectivity index (χ1n) is 13.0. The Bertz CT molecular complexity index is 1460. The molecule has 0 aliphatic carbocycles. The van der Waals surface area contributed by atoms with Crippen molar-refractivity contribution in [2.75, 3.05) is 44.3 Å². The quantitative estimate of drug-likeness (QED) is 0.405. The predicted molar refractivity (Wildman–Crippen MR) is 146 cm³/mol. The summed E-state index contributed by atoms with van der Waals surface area (Å²) in [6.07, 6.45) is 3.86. The number of pyridine rings is 1. The lowest BCUT2D eigenvalue weighted by atomic mass is 10.0. The number of nitrogens with zero attached hydrogens (tertiary/aromatic N) is 3. The van der Waals surface area contributed by atoms with Crippen LogP contribution in [0.25, 0.3) is 33.4 Å². The summed E-state index contributed by atoms with van der Waals surface area (Å²) >= 11 is 0. The zero-order valence-corrected chi connectivity index (χ0v) is 21.1. The molecule has 2 fully saturated rings. The van der Waals surface area contributed by atoms with E-state index in [1.54, 1.807) is 0 Å². The number of hydrogen-bond donors (Lipinski definition) is 2. The van der Waals surface area contributed by atoms with E-state index in [0.29, 0.717) is 11.3 Å². The summed E-state index contributed by atoms with van der Waals surface area (Å²) in [6.45, 7) is 7.45. The number of aromatic nitrogens is 2. The number of fused-ring (bicyclic) bond motifs is 1. The summed E-state index contributed by atoms with van der Waals surface area (Å²) in [5.74, 6) is 0.649. The molecule has 7 heteroatoms. The number of H-pyrrole nitrogens is 1. The van der Waals surface area contributed by atoms with Crippen LogP contribution < -0.4 is 15.0 Å². The molecular weight excluding hydrogens is 462 g/mol. The van der Waals surface area contributed by atoms with Crippen LogP contribution in [-0.4, -0.2) is 55.5 Å². The average molecular weight is 494 g/mol. The summed E-state index contributed by atoms with van der Waals surface area (Å²) in [6, 6.07) is 19.0. The summed E-state index contributed by atoms with van der Waals surface area (Å²) in [7, 11) is 0. The Morgan fingerprint density at radius 1 is 1.05 bits per heavy atom. The van der Waals surface area contributed by atoms with Crippen LogP contribution in [0.1, 0.15) is 24.0 Å². The monoisotopic (exact) mass is 493 g/mol. The lowest BCUT2D eigenvalue weighted by molar-refractivity contribution is 0.122. The van der Waals surface area contributed by atoms with E-state index in [-0.39, 0.29) is 6.10 Å². The van der Waals surface area contributed by atoms with E-state index in [2.05, 4.69) is 52.5 Å². The van der Waals surface area contributed by atoms with Gasteiger partial charge in [0.15, 0.2) is 0 Å². The molecule has 0 amide bonds. The molecule has 2 aliphatic heterocycles. The highest BCUT2D eigenvalue weighted by molar-refractivity contribution is 5.96. The molecular formula is C30H31N5O2. The molecule has 2 saturated heterocycles. The zero-order chi connectivity index (χ0) is 25.2. The van der Waals surface area contributed by atoms with Crippen LogP contribution in [0.3, 0.4) is 0 Å². The van der Waals surface area contributed by atoms with Gasteiger partial charge in [-0.25, -0.2) is 0 Å². The van der Waals surface area contributed by atoms with E-state index in [0.717, 1.165) is 80.1 Å². The Hall–Kier alpha value is -3.86. The van der Waals surface area contributed by atoms with Crippen molar-refractivity contribution in [3.63, 3.8) is 0 Å². The predicted octanol–water partition coefficient (Wildman–Crippen LogP) is 5.04. The van der Waals surface area contributed by atoms with Gasteiger partial charge in [-0.3, -0.25) is 4.98 Å². The highest BCUT2D eigenvalue weighted by Gasteiger charge is 2.18. The Kier molecular flexibility index (Phi) is 6.52. The van der Waals surface area contributed by atoms with Crippen molar-refractivity contribution in [3.8, 4) is 34.3 Å². The summed E-state index contributed by atoms with van der Waals surface area (Å²) in [5.41, 5.74) is 8.00. The van der Waals surface area contributed by atoms with Crippen molar-refractivity contribution in [2.24, 2.45) is 0 Å². The molecule has 0 spiro atoms. The lowest BCUT2D eigenvalue weighted by Crippen LogP contribution is -2.36. The minimum atomic E-state index is 0.144. The SMILES string of the molecule is Cc1cc(N2CCOCC2)ccc1-c1cc2c(-c3ccc(OC4CCNCC4)c(C#N)c3)nccc2[nH]1. The number of nitriles is 1. The third kappa shape index (κ3) is 4.78. The highest BCUT2D eigenvalue weighted by Crippen LogP contribution is 2.35. The van der Waals surface area contributed by atoms with Crippen LogP contribution in [0.2, 0.25) is 0 Å². The Morgan fingerprint density at radius 3 is 2.68 bits per heavy atom. The van der Waals surface area contributed by atoms with Gasteiger partial charge >= 0.3 is 0 Å². The standard InChI is InChI=1S/C30H31N5O2/c1-20-16-23(35-12-14-36-15-13-35)3-4-25(20)28-18-26-27(34-28)8-11-33-30(26)21-2-5-29(22(17-21)19-31)37-24-6-9-32-10-7-24/h2-5,8,11,16-18,24,32,34H,6-7,9-10,12-15H2,1H3. The molecule has 0 bridgehead atoms. The average Bonchev–Trinajstić information content (AvgIpc) is 3.38. The van der Waals surface area contributed by atoms with Gasteiger partial charge in [0.25, 0.3) is 0 Å². The summed E-state index contributed by atoms with van der Waals surface area (Å²) in [4.78, 5) is 10.7. The van der Waals surface area contributed by atoms with Crippen molar-refractivity contribution in [3.05, 3.63) is 65.9 Å². The van der Waals surface area contributed by atoms with Crippen molar-refractivity contribution in [1.29, 1.82) is 5.26 Å². The number of hydrogen-bond acceptors (Lipinski definition) is 6. The van der Waals surface area contributed by atoms with Crippen LogP contribution in [0.15, 0.2) is 54.7 Å². The fraction of sp³-hybridized carbons (Fsp3) is 0.333. The second-order valence-electron chi connectivity index (χ2n) is 9.79. The van der Waals surface area contributed by atoms with Crippen LogP contribution in [0, 0.1) is 18.3 Å². The fourth-order valence-corrected chi connectivity index (χ4v) is 5.36. The largest absolute Gasteiger partial charge is 0.489 e. The zero-order valence-electron chi connectivity index (χ0n) is 21.1. The van der Waals surface area contributed by atoms with Crippen LogP contribution >= 0.6 is 0 Å². The highest BCUT2D eigenvalue weighted by atomic mass is 16.5. The van der Waals surface area contributed by atoms with Crippen molar-refractivity contribution >= 4 is 16.6 Å². The maximum atomic E-state index is 9.85. The number of anilines is 1. The van der Waals surface area contributed by atoms with Gasteiger partial charge in [0.2, 0.25) is 0 Å². The molecule has 2 aromatic carbocycles. The molecule has 0 atom stereocenters. The van der Waals surface area contributed by atoms with E-state index >= 15 is 0 Å². The van der Waals surface area contributed by atoms with Crippen molar-refractivity contribution < 1.29 is 9.47 Å². The van der Waals surface area contributed by atoms with Gasteiger partial charge in [0, 0.05) is 52.7 Å². The van der Waals surface area contributed by atoms with Gasteiger partial charge < -0.3 is 24.7 Å². The van der Waals surface area contributed by atoms with Gasteiger partial charge in [-0.05, 0) is 80.9 Å². The van der Waals surface area contributed by atoms with Crippen molar-refractivity contribution in [2.45, 2.75) is 25.9 Å². The number of benzene rings is 2. The van der Waals surface area contributed by atoms with Crippen LogP contribution in [-0.2, 0) is 4.74 Å². The Balaban J connectivity index is 1.31. The molecule has 2 aromatic heterocycles. The molecule has 4 aromatic rings. The molecule has 7 nitrogen and oxygen atoms in total. The number of aromatic amines is 1. The van der Waals surface area contributed by atoms with Crippen molar-refractivity contribution in [1.82, 2.24) is 15.3 Å². The lowest BCUT2D eigenvalue weighted by Gasteiger charge is -2.29. The molecule has 188 valence electrons. The minimum Gasteiger partial charge on any atom is -0.489 e. The van der Waals surface area contributed by atoms with E-state index < -0.39 is 0 Å². The normalized spacial score (nSPS) is 16.6. The number of ether oxygens (including phenoxy) is 2. The first kappa shape index (κ1) is 23.5. The van der Waals surface area contributed by atoms with Crippen LogP contribution in [0.4, 0.5) is 5.69 Å². The molecule has 2 N–H and O–H groups in total. The minimum absolute atomic E-state index is 0.144. The molecule has 2 aliphatic rings. The smallest absolute Gasteiger partial charge is 0.137 e. The van der Waals surface area contributed by atoms with Gasteiger partial charge in [-0.2, -0.15) is 5.26 Å². The molecule has 0 unspecified atom stereocenters. The third-order valence-corrected chi connectivity index (χ3v) is 7.38. The Morgan fingerprint density at radius 2 is 1.89 bits per heavy atom. The molecule has 4 heterocycles. The molecule has 37 heavy (non-hydrogen) atoms. The Labute approximate surface area is 217 Å². The van der Waals surface area contributed by atoms with Gasteiger partial charge in [0.05, 0.1) is 24.5 Å². The van der Waals surface area contributed by atoms with Gasteiger partial charge in [0.1, 0.15) is 17.9 Å². The van der Waals surface area contributed by atoms with E-state index in [4.69, 9.17) is 14.5 Å². The number of piperidine rings is 1. The third-order valence-electron chi connectivity index (χ3n) is 7.38. The van der Waals surface area contributed by atoms with E-state index in [9.17, 15) is 5.26 Å². The number of aryl methyl sites for hydroxylation is 1. The summed E-state index contributed by atoms with van der Waals surface area (Å²) < 4.78 is 11.7. The van der Waals surface area contributed by atoms with E-state index in [1.807, 2.05) is 30.5 Å². The number of morpholine rings is 1. The molecule has 0 radical (unpaired) electrons. The fourth-order valence-electron chi connectivity index (χ4n) is 5.36. The number of nitrogens with one attached hydrogen (secondary N) is 2. The van der Waals surface area contributed by atoms with Gasteiger partial charge in [-0.1, -0.05) is 6.07 Å². The van der Waals surface area contributed by atoms with E-state index in [1.165, 1.54) is 16.8 Å². The molecule has 0 saturated carbocycles. The van der Waals surface area contributed by atoms with Crippen LogP contribution in [0.5, 0.6) is 5.75 Å². The van der Waals surface area contributed by atoms with Gasteiger partial charge in [-0.15, -0.1) is 0 Å². The summed E-state index contributed by atoms with van der Waals surface area (Å²) in [5, 5.41) is 14.2. The second kappa shape index (κ2) is 10.3. The second-order valence-corrected chi connectivity index (χ2v) is 9.79. The topological polar surface area (TPSA) is 86.2 Å². The first-order chi connectivity index (χ1) is 18.2. The first-order valence-corrected chi connectivity index (χ1v) is 13.0.